The molecule has 0 atom stereocenters. The Hall–Kier alpha value is -2.95. The number of rotatable bonds is 2. The molecule has 0 bridgehead atoms. The molecule has 0 aromatic carbocycles. The number of ether oxygens (including phenoxy) is 1. The number of anilines is 2. The van der Waals surface area contributed by atoms with Gasteiger partial charge in [-0.25, -0.2) is 18.7 Å². The molecular weight excluding hydrogens is 418 g/mol. The van der Waals surface area contributed by atoms with Crippen LogP contribution in [-0.4, -0.2) is 75.0 Å². The third-order valence-corrected chi connectivity index (χ3v) is 5.64. The zero-order valence-corrected chi connectivity index (χ0v) is 18.6. The normalized spacial score (nSPS) is 18.4. The number of nitrogens with zero attached hydrogens (tertiary/aromatic N) is 8. The van der Waals surface area contributed by atoms with Gasteiger partial charge in [-0.2, -0.15) is 15.1 Å². The van der Waals surface area contributed by atoms with Gasteiger partial charge in [0.2, 0.25) is 5.95 Å². The number of hydrogen-bond acceptors (Lipinski definition) is 8. The van der Waals surface area contributed by atoms with Gasteiger partial charge < -0.3 is 14.5 Å². The van der Waals surface area contributed by atoms with Crippen molar-refractivity contribution in [2.24, 2.45) is 7.05 Å². The second-order valence-electron chi connectivity index (χ2n) is 8.04. The summed E-state index contributed by atoms with van der Waals surface area (Å²) >= 11 is 0. The maximum atomic E-state index is 13.6. The van der Waals surface area contributed by atoms with Crippen LogP contribution in [0.15, 0.2) is 18.5 Å². The summed E-state index contributed by atoms with van der Waals surface area (Å²) in [6.07, 6.45) is 3.29. The van der Waals surface area contributed by atoms with Gasteiger partial charge in [0.25, 0.3) is 5.92 Å². The molecule has 3 aromatic rings. The summed E-state index contributed by atoms with van der Waals surface area (Å²) in [4.78, 5) is 22.4. The molecule has 0 N–H and O–H groups in total. The molecule has 2 aliphatic rings. The number of piperidine rings is 1. The molecule has 32 heavy (non-hydrogen) atoms. The molecule has 9 nitrogen and oxygen atoms in total. The fourth-order valence-electron chi connectivity index (χ4n) is 3.60. The fourth-order valence-corrected chi connectivity index (χ4v) is 3.60. The second-order valence-corrected chi connectivity index (χ2v) is 8.04. The Kier molecular flexibility index (Phi) is 6.45. The Morgan fingerprint density at radius 1 is 0.906 bits per heavy atom. The lowest BCUT2D eigenvalue weighted by Crippen LogP contribution is -2.41. The van der Waals surface area contributed by atoms with Gasteiger partial charge in [0.05, 0.1) is 24.6 Å². The van der Waals surface area contributed by atoms with Crippen LogP contribution in [0, 0.1) is 13.8 Å². The summed E-state index contributed by atoms with van der Waals surface area (Å²) in [5.41, 5.74) is 2.69. The van der Waals surface area contributed by atoms with Crippen molar-refractivity contribution in [1.82, 2.24) is 29.7 Å². The van der Waals surface area contributed by atoms with Gasteiger partial charge in [0.1, 0.15) is 0 Å². The molecule has 11 heteroatoms. The van der Waals surface area contributed by atoms with E-state index in [4.69, 9.17) is 9.72 Å². The van der Waals surface area contributed by atoms with Crippen molar-refractivity contribution < 1.29 is 13.5 Å². The third-order valence-electron chi connectivity index (χ3n) is 5.64. The zero-order valence-electron chi connectivity index (χ0n) is 18.6. The van der Waals surface area contributed by atoms with E-state index in [1.165, 1.54) is 0 Å². The predicted octanol–water partition coefficient (Wildman–Crippen LogP) is 2.53. The summed E-state index contributed by atoms with van der Waals surface area (Å²) in [6, 6.07) is 1.89. The quantitative estimate of drug-likeness (QED) is 0.594. The smallest absolute Gasteiger partial charge is 0.251 e. The van der Waals surface area contributed by atoms with Crippen LogP contribution in [0.1, 0.15) is 24.2 Å². The number of hydrogen-bond donors (Lipinski definition) is 0. The first-order chi connectivity index (χ1) is 15.3. The van der Waals surface area contributed by atoms with Crippen molar-refractivity contribution in [3.8, 4) is 0 Å². The average Bonchev–Trinajstić information content (AvgIpc) is 3.26. The first-order valence-corrected chi connectivity index (χ1v) is 10.7. The highest BCUT2D eigenvalue weighted by Gasteiger charge is 2.35. The van der Waals surface area contributed by atoms with Crippen LogP contribution in [0.25, 0.3) is 11.2 Å². The molecule has 5 heterocycles. The first-order valence-electron chi connectivity index (χ1n) is 10.7. The van der Waals surface area contributed by atoms with E-state index in [-0.39, 0.29) is 25.9 Å². The van der Waals surface area contributed by atoms with Gasteiger partial charge in [-0.05, 0) is 19.9 Å². The Balaban J connectivity index is 0.000000354. The summed E-state index contributed by atoms with van der Waals surface area (Å²) < 4.78 is 34.3. The minimum Gasteiger partial charge on any atom is -0.378 e. The van der Waals surface area contributed by atoms with Gasteiger partial charge >= 0.3 is 0 Å². The van der Waals surface area contributed by atoms with Crippen molar-refractivity contribution in [2.45, 2.75) is 32.6 Å². The zero-order chi connectivity index (χ0) is 22.7. The summed E-state index contributed by atoms with van der Waals surface area (Å²) in [7, 11) is 1.89. The van der Waals surface area contributed by atoms with Crippen LogP contribution in [0.5, 0.6) is 0 Å². The molecule has 2 fully saturated rings. The largest absolute Gasteiger partial charge is 0.378 e. The summed E-state index contributed by atoms with van der Waals surface area (Å²) in [6.45, 7) is 6.89. The topological polar surface area (TPSA) is 85.1 Å². The van der Waals surface area contributed by atoms with Gasteiger partial charge in [-0.3, -0.25) is 4.68 Å². The van der Waals surface area contributed by atoms with Crippen molar-refractivity contribution >= 4 is 22.9 Å². The first kappa shape index (κ1) is 22.3. The maximum absolute atomic E-state index is 13.6. The van der Waals surface area contributed by atoms with Crippen LogP contribution < -0.4 is 9.80 Å². The minimum atomic E-state index is -2.61. The van der Waals surface area contributed by atoms with Crippen LogP contribution in [0.2, 0.25) is 0 Å². The molecule has 172 valence electrons. The number of halogens is 2. The lowest BCUT2D eigenvalue weighted by atomic mass is 10.1. The highest BCUT2D eigenvalue weighted by Crippen LogP contribution is 2.33. The number of morpholine rings is 1. The molecule has 0 amide bonds. The molecule has 2 aliphatic heterocycles. The molecule has 0 saturated carbocycles. The van der Waals surface area contributed by atoms with Crippen LogP contribution in [-0.2, 0) is 11.8 Å². The maximum Gasteiger partial charge on any atom is 0.251 e. The van der Waals surface area contributed by atoms with Crippen LogP contribution >= 0.6 is 0 Å². The molecule has 3 aromatic heterocycles. The highest BCUT2D eigenvalue weighted by molar-refractivity contribution is 5.84. The molecule has 0 spiro atoms. The Morgan fingerprint density at radius 2 is 1.59 bits per heavy atom. The van der Waals surface area contributed by atoms with Gasteiger partial charge in [-0.15, -0.1) is 0 Å². The van der Waals surface area contributed by atoms with E-state index in [1.54, 1.807) is 10.9 Å². The van der Waals surface area contributed by atoms with Gasteiger partial charge in [0, 0.05) is 58.5 Å². The molecule has 5 rings (SSSR count). The standard InChI is InChI=1S/C17H22F2N6O.C4H6N2/c1-11-12(2)21-14-13(20-11)15(24-5-3-17(18,19)4-6-24)23-16(22-14)25-7-9-26-10-8-25;1-6-4-2-3-5-6/h3-10H2,1-2H3;2-4H,1H3. The second kappa shape index (κ2) is 9.27. The molecule has 2 saturated heterocycles. The van der Waals surface area contributed by atoms with E-state index in [0.717, 1.165) is 11.4 Å². The fraction of sp³-hybridized carbons (Fsp3) is 0.571. The summed E-state index contributed by atoms with van der Waals surface area (Å²) in [5.74, 6) is -1.45. The number of fused-ring (bicyclic) bond motifs is 1. The molecule has 0 radical (unpaired) electrons. The van der Waals surface area contributed by atoms with Crippen molar-refractivity contribution in [2.75, 3.05) is 49.2 Å². The highest BCUT2D eigenvalue weighted by atomic mass is 19.3. The number of alkyl halides is 2. The van der Waals surface area contributed by atoms with E-state index in [9.17, 15) is 8.78 Å². The lowest BCUT2D eigenvalue weighted by Gasteiger charge is -2.34. The Morgan fingerprint density at radius 3 is 2.19 bits per heavy atom. The van der Waals surface area contributed by atoms with E-state index >= 15 is 0 Å². The monoisotopic (exact) mass is 446 g/mol. The molecule has 0 aliphatic carbocycles. The Bertz CT molecular complexity index is 1040. The average molecular weight is 447 g/mol. The minimum absolute atomic E-state index is 0.177. The van der Waals surface area contributed by atoms with Crippen molar-refractivity contribution in [1.29, 1.82) is 0 Å². The van der Waals surface area contributed by atoms with Crippen LogP contribution in [0.3, 0.4) is 0 Å². The number of aromatic nitrogens is 6. The van der Waals surface area contributed by atoms with Crippen molar-refractivity contribution in [3.63, 3.8) is 0 Å². The van der Waals surface area contributed by atoms with Gasteiger partial charge in [0.15, 0.2) is 17.0 Å². The van der Waals surface area contributed by atoms with Crippen molar-refractivity contribution in [3.05, 3.63) is 29.8 Å². The predicted molar refractivity (Wildman–Crippen MR) is 117 cm³/mol. The third kappa shape index (κ3) is 5.09. The summed E-state index contributed by atoms with van der Waals surface area (Å²) in [5, 5.41) is 3.83. The van der Waals surface area contributed by atoms with E-state index in [1.807, 2.05) is 43.0 Å². The van der Waals surface area contributed by atoms with Gasteiger partial charge in [-0.1, -0.05) is 0 Å². The molecule has 0 unspecified atom stereocenters. The van der Waals surface area contributed by atoms with E-state index < -0.39 is 5.92 Å². The number of aryl methyl sites for hydroxylation is 3. The SMILES string of the molecule is Cc1nc2nc(N3CCOCC3)nc(N3CCC(F)(F)CC3)c2nc1C.Cn1cccn1. The lowest BCUT2D eigenvalue weighted by molar-refractivity contribution is -0.0221. The Labute approximate surface area is 185 Å². The van der Waals surface area contributed by atoms with E-state index in [0.29, 0.717) is 49.2 Å². The molecular formula is C21H28F2N8O. The van der Waals surface area contributed by atoms with E-state index in [2.05, 4.69) is 20.1 Å². The van der Waals surface area contributed by atoms with Crippen LogP contribution in [0.4, 0.5) is 20.5 Å².